The van der Waals surface area contributed by atoms with Crippen LogP contribution in [0.2, 0.25) is 5.02 Å². The summed E-state index contributed by atoms with van der Waals surface area (Å²) in [5, 5.41) is 2.72. The number of halogens is 1. The fourth-order valence-corrected chi connectivity index (χ4v) is 3.55. The molecule has 1 fully saturated rings. The number of amides is 3. The average molecular weight is 401 g/mol. The zero-order chi connectivity index (χ0) is 19.6. The van der Waals surface area contributed by atoms with Crippen molar-refractivity contribution < 1.29 is 14.4 Å². The van der Waals surface area contributed by atoms with Crippen LogP contribution in [-0.2, 0) is 9.59 Å². The first-order valence-electron chi connectivity index (χ1n) is 8.22. The number of nitrogens with zero attached hydrogens (tertiary/aromatic N) is 1. The van der Waals surface area contributed by atoms with Crippen molar-refractivity contribution in [1.82, 2.24) is 4.90 Å². The second kappa shape index (κ2) is 7.98. The van der Waals surface area contributed by atoms with Gasteiger partial charge in [-0.3, -0.25) is 19.3 Å². The van der Waals surface area contributed by atoms with Gasteiger partial charge in [0, 0.05) is 10.7 Å². The van der Waals surface area contributed by atoms with Gasteiger partial charge in [0.15, 0.2) is 0 Å². The van der Waals surface area contributed by atoms with Gasteiger partial charge in [-0.05, 0) is 66.6 Å². The zero-order valence-corrected chi connectivity index (χ0v) is 16.4. The third-order valence-corrected chi connectivity index (χ3v) is 5.41. The Morgan fingerprint density at radius 1 is 1.15 bits per heavy atom. The van der Waals surface area contributed by atoms with Gasteiger partial charge in [0.1, 0.15) is 6.54 Å². The number of rotatable bonds is 4. The SMILES string of the molecule is Cc1ccc(NC(=O)CN2C(=O)SC(=Cc3ccccc3Cl)C2=O)cc1C. The molecule has 0 aliphatic carbocycles. The molecule has 3 amide bonds. The van der Waals surface area contributed by atoms with Gasteiger partial charge in [-0.25, -0.2) is 0 Å². The van der Waals surface area contributed by atoms with Gasteiger partial charge >= 0.3 is 0 Å². The summed E-state index contributed by atoms with van der Waals surface area (Å²) in [4.78, 5) is 38.1. The van der Waals surface area contributed by atoms with E-state index in [4.69, 9.17) is 11.6 Å². The highest BCUT2D eigenvalue weighted by Crippen LogP contribution is 2.33. The van der Waals surface area contributed by atoms with E-state index < -0.39 is 17.1 Å². The average Bonchev–Trinajstić information content (AvgIpc) is 2.88. The van der Waals surface area contributed by atoms with Crippen LogP contribution in [0.15, 0.2) is 47.4 Å². The van der Waals surface area contributed by atoms with Crippen molar-refractivity contribution in [1.29, 1.82) is 0 Å². The Kier molecular flexibility index (Phi) is 5.68. The third-order valence-electron chi connectivity index (χ3n) is 4.16. The summed E-state index contributed by atoms with van der Waals surface area (Å²) < 4.78 is 0. The summed E-state index contributed by atoms with van der Waals surface area (Å²) in [5.41, 5.74) is 3.43. The van der Waals surface area contributed by atoms with Crippen molar-refractivity contribution >= 4 is 52.2 Å². The Hall–Kier alpha value is -2.57. The van der Waals surface area contributed by atoms with Gasteiger partial charge in [-0.15, -0.1) is 0 Å². The fraction of sp³-hybridized carbons (Fsp3) is 0.150. The molecule has 0 atom stereocenters. The minimum atomic E-state index is -0.500. The highest BCUT2D eigenvalue weighted by molar-refractivity contribution is 8.18. The number of carbonyl (C=O) groups excluding carboxylic acids is 3. The lowest BCUT2D eigenvalue weighted by molar-refractivity contribution is -0.127. The summed E-state index contributed by atoms with van der Waals surface area (Å²) >= 11 is 6.89. The molecule has 5 nitrogen and oxygen atoms in total. The van der Waals surface area contributed by atoms with Gasteiger partial charge in [-0.2, -0.15) is 0 Å². The normalized spacial score (nSPS) is 15.5. The van der Waals surface area contributed by atoms with Crippen LogP contribution < -0.4 is 5.32 Å². The van der Waals surface area contributed by atoms with E-state index in [1.807, 2.05) is 26.0 Å². The van der Waals surface area contributed by atoms with Gasteiger partial charge < -0.3 is 5.32 Å². The maximum Gasteiger partial charge on any atom is 0.294 e. The minimum absolute atomic E-state index is 0.243. The van der Waals surface area contributed by atoms with Crippen molar-refractivity contribution in [3.05, 3.63) is 69.1 Å². The molecule has 0 bridgehead atoms. The van der Waals surface area contributed by atoms with E-state index in [9.17, 15) is 14.4 Å². The molecule has 27 heavy (non-hydrogen) atoms. The van der Waals surface area contributed by atoms with Crippen LogP contribution in [0.5, 0.6) is 0 Å². The van der Waals surface area contributed by atoms with E-state index in [1.165, 1.54) is 0 Å². The molecule has 2 aromatic rings. The van der Waals surface area contributed by atoms with Crippen molar-refractivity contribution in [2.45, 2.75) is 13.8 Å². The van der Waals surface area contributed by atoms with Gasteiger partial charge in [0.2, 0.25) is 5.91 Å². The number of anilines is 1. The van der Waals surface area contributed by atoms with Crippen LogP contribution in [0, 0.1) is 13.8 Å². The lowest BCUT2D eigenvalue weighted by Crippen LogP contribution is -2.36. The molecule has 138 valence electrons. The molecule has 0 unspecified atom stereocenters. The van der Waals surface area contributed by atoms with E-state index in [0.29, 0.717) is 16.3 Å². The van der Waals surface area contributed by atoms with Gasteiger partial charge in [0.05, 0.1) is 4.91 Å². The standard InChI is InChI=1S/C20H17ClN2O3S/c1-12-7-8-15(9-13(12)2)22-18(24)11-23-19(25)17(27-20(23)26)10-14-5-3-4-6-16(14)21/h3-10H,11H2,1-2H3,(H,22,24). The van der Waals surface area contributed by atoms with E-state index in [0.717, 1.165) is 27.8 Å². The predicted molar refractivity (Wildman–Crippen MR) is 109 cm³/mol. The van der Waals surface area contributed by atoms with E-state index in [1.54, 1.807) is 36.4 Å². The van der Waals surface area contributed by atoms with E-state index in [2.05, 4.69) is 5.32 Å². The summed E-state index contributed by atoms with van der Waals surface area (Å²) in [6, 6.07) is 12.6. The molecule has 1 N–H and O–H groups in total. The quantitative estimate of drug-likeness (QED) is 0.759. The summed E-state index contributed by atoms with van der Waals surface area (Å²) in [6.07, 6.45) is 1.56. The number of hydrogen-bond acceptors (Lipinski definition) is 4. The van der Waals surface area contributed by atoms with Crippen LogP contribution >= 0.6 is 23.4 Å². The second-order valence-corrected chi connectivity index (χ2v) is 7.54. The van der Waals surface area contributed by atoms with Crippen LogP contribution in [-0.4, -0.2) is 28.5 Å². The minimum Gasteiger partial charge on any atom is -0.325 e. The maximum absolute atomic E-state index is 12.5. The monoisotopic (exact) mass is 400 g/mol. The first-order chi connectivity index (χ1) is 12.8. The van der Waals surface area contributed by atoms with Gasteiger partial charge in [0.25, 0.3) is 11.1 Å². The highest BCUT2D eigenvalue weighted by Gasteiger charge is 2.36. The topological polar surface area (TPSA) is 66.5 Å². The first kappa shape index (κ1) is 19.2. The molecule has 0 saturated carbocycles. The molecule has 7 heteroatoms. The predicted octanol–water partition coefficient (Wildman–Crippen LogP) is 4.63. The van der Waals surface area contributed by atoms with Crippen LogP contribution in [0.1, 0.15) is 16.7 Å². The van der Waals surface area contributed by atoms with E-state index in [-0.39, 0.29) is 11.4 Å². The second-order valence-electron chi connectivity index (χ2n) is 6.14. The van der Waals surface area contributed by atoms with Gasteiger partial charge in [-0.1, -0.05) is 35.9 Å². The number of aryl methyl sites for hydroxylation is 2. The molecule has 1 heterocycles. The summed E-state index contributed by atoms with van der Waals surface area (Å²) in [5.74, 6) is -0.931. The zero-order valence-electron chi connectivity index (χ0n) is 14.8. The lowest BCUT2D eigenvalue weighted by Gasteiger charge is -2.13. The molecule has 1 aliphatic heterocycles. The van der Waals surface area contributed by atoms with Crippen LogP contribution in [0.3, 0.4) is 0 Å². The number of thioether (sulfide) groups is 1. The number of nitrogens with one attached hydrogen (secondary N) is 1. The first-order valence-corrected chi connectivity index (χ1v) is 9.41. The Labute approximate surface area is 166 Å². The summed E-state index contributed by atoms with van der Waals surface area (Å²) in [7, 11) is 0. The molecular weight excluding hydrogens is 384 g/mol. The number of hydrogen-bond donors (Lipinski definition) is 1. The molecule has 1 aliphatic rings. The summed E-state index contributed by atoms with van der Waals surface area (Å²) in [6.45, 7) is 3.59. The molecule has 0 aromatic heterocycles. The lowest BCUT2D eigenvalue weighted by atomic mass is 10.1. The Bertz CT molecular complexity index is 971. The van der Waals surface area contributed by atoms with Crippen molar-refractivity contribution in [3.63, 3.8) is 0 Å². The Balaban J connectivity index is 1.71. The fourth-order valence-electron chi connectivity index (χ4n) is 2.53. The maximum atomic E-state index is 12.5. The Morgan fingerprint density at radius 2 is 1.89 bits per heavy atom. The van der Waals surface area contributed by atoms with Crippen molar-refractivity contribution in [3.8, 4) is 0 Å². The number of imide groups is 1. The number of carbonyl (C=O) groups is 3. The molecule has 0 radical (unpaired) electrons. The molecular formula is C20H17ClN2O3S. The molecule has 3 rings (SSSR count). The van der Waals surface area contributed by atoms with Crippen LogP contribution in [0.25, 0.3) is 6.08 Å². The highest BCUT2D eigenvalue weighted by atomic mass is 35.5. The molecule has 1 saturated heterocycles. The van der Waals surface area contributed by atoms with Crippen molar-refractivity contribution in [2.24, 2.45) is 0 Å². The molecule has 2 aromatic carbocycles. The van der Waals surface area contributed by atoms with E-state index >= 15 is 0 Å². The third kappa shape index (κ3) is 4.40. The largest absolute Gasteiger partial charge is 0.325 e. The van der Waals surface area contributed by atoms with Crippen molar-refractivity contribution in [2.75, 3.05) is 11.9 Å². The number of benzene rings is 2. The van der Waals surface area contributed by atoms with Crippen LogP contribution in [0.4, 0.5) is 10.5 Å². The molecule has 0 spiro atoms. The smallest absolute Gasteiger partial charge is 0.294 e. The Morgan fingerprint density at radius 3 is 2.59 bits per heavy atom.